The van der Waals surface area contributed by atoms with Crippen molar-refractivity contribution in [3.63, 3.8) is 0 Å². The molecule has 3 aromatic rings. The van der Waals surface area contributed by atoms with Gasteiger partial charge in [-0.15, -0.1) is 0 Å². The van der Waals surface area contributed by atoms with Gasteiger partial charge >= 0.3 is 7.69 Å². The van der Waals surface area contributed by atoms with E-state index in [9.17, 15) is 0 Å². The molecule has 1 radical (unpaired) electrons. The number of benzene rings is 3. The summed E-state index contributed by atoms with van der Waals surface area (Å²) >= 11 is 0. The van der Waals surface area contributed by atoms with Gasteiger partial charge in [0.15, 0.2) is 0 Å². The molecular weight excluding hydrogens is 271 g/mol. The zero-order valence-corrected chi connectivity index (χ0v) is 12.6. The van der Waals surface area contributed by atoms with E-state index in [1.54, 1.807) is 0 Å². The Labute approximate surface area is 130 Å². The van der Waals surface area contributed by atoms with Gasteiger partial charge < -0.3 is 9.68 Å². The Morgan fingerprint density at radius 1 is 0.955 bits per heavy atom. The van der Waals surface area contributed by atoms with Gasteiger partial charge in [0, 0.05) is 11.0 Å². The van der Waals surface area contributed by atoms with Crippen LogP contribution in [0.4, 0.5) is 0 Å². The van der Waals surface area contributed by atoms with Crippen LogP contribution in [0.1, 0.15) is 25.0 Å². The van der Waals surface area contributed by atoms with Crippen LogP contribution >= 0.6 is 0 Å². The Kier molecular flexibility index (Phi) is 2.82. The molecule has 2 nitrogen and oxygen atoms in total. The maximum atomic E-state index is 9.05. The predicted octanol–water partition coefficient (Wildman–Crippen LogP) is 4.05. The molecule has 0 saturated carbocycles. The fourth-order valence-electron chi connectivity index (χ4n) is 3.77. The molecule has 3 aromatic carbocycles. The Morgan fingerprint density at radius 2 is 1.77 bits per heavy atom. The van der Waals surface area contributed by atoms with E-state index in [0.717, 1.165) is 13.2 Å². The van der Waals surface area contributed by atoms with E-state index in [1.165, 1.54) is 27.5 Å². The van der Waals surface area contributed by atoms with Gasteiger partial charge in [0.1, 0.15) is 5.75 Å². The fraction of sp³-hybridized carbons (Fsp3) is 0.158. The SMILES string of the molecule is CC1(C)c2cccc(O[B]O)c2-c2ccc3ccccc3c21. The van der Waals surface area contributed by atoms with Crippen LogP contribution in [0.5, 0.6) is 5.75 Å². The monoisotopic (exact) mass is 287 g/mol. The minimum absolute atomic E-state index is 0.0969. The third-order valence-electron chi connectivity index (χ3n) is 4.70. The largest absolute Gasteiger partial charge is 0.569 e. The smallest absolute Gasteiger partial charge is 0.537 e. The zero-order valence-electron chi connectivity index (χ0n) is 12.6. The van der Waals surface area contributed by atoms with E-state index in [0.29, 0.717) is 5.75 Å². The molecule has 4 rings (SSSR count). The molecule has 0 fully saturated rings. The lowest BCUT2D eigenvalue weighted by atomic mass is 9.80. The lowest BCUT2D eigenvalue weighted by molar-refractivity contribution is 0.454. The second-order valence-corrected chi connectivity index (χ2v) is 6.24. The normalized spacial score (nSPS) is 14.5. The van der Waals surface area contributed by atoms with Gasteiger partial charge in [-0.1, -0.05) is 62.4 Å². The molecule has 3 heteroatoms. The average molecular weight is 287 g/mol. The Balaban J connectivity index is 2.12. The van der Waals surface area contributed by atoms with Gasteiger partial charge in [0.05, 0.1) is 0 Å². The first kappa shape index (κ1) is 13.4. The number of fused-ring (bicyclic) bond motifs is 5. The summed E-state index contributed by atoms with van der Waals surface area (Å²) in [5.41, 5.74) is 4.74. The predicted molar refractivity (Wildman–Crippen MR) is 90.1 cm³/mol. The zero-order chi connectivity index (χ0) is 15.3. The summed E-state index contributed by atoms with van der Waals surface area (Å²) in [6, 6.07) is 18.8. The van der Waals surface area contributed by atoms with Crippen molar-refractivity contribution in [2.24, 2.45) is 0 Å². The van der Waals surface area contributed by atoms with E-state index < -0.39 is 0 Å². The highest BCUT2D eigenvalue weighted by molar-refractivity contribution is 6.17. The summed E-state index contributed by atoms with van der Waals surface area (Å²) in [5.74, 6) is 0.696. The first-order valence-corrected chi connectivity index (χ1v) is 7.43. The van der Waals surface area contributed by atoms with Crippen molar-refractivity contribution in [3.05, 3.63) is 65.7 Å². The van der Waals surface area contributed by atoms with Crippen LogP contribution in [0.2, 0.25) is 0 Å². The molecule has 0 spiro atoms. The molecule has 0 unspecified atom stereocenters. The molecule has 0 bridgehead atoms. The van der Waals surface area contributed by atoms with E-state index in [-0.39, 0.29) is 5.41 Å². The van der Waals surface area contributed by atoms with Crippen LogP contribution < -0.4 is 4.65 Å². The van der Waals surface area contributed by atoms with E-state index in [1.807, 2.05) is 12.1 Å². The van der Waals surface area contributed by atoms with Crippen LogP contribution in [0.3, 0.4) is 0 Å². The van der Waals surface area contributed by atoms with Crippen molar-refractivity contribution in [1.82, 2.24) is 0 Å². The van der Waals surface area contributed by atoms with E-state index in [4.69, 9.17) is 9.68 Å². The van der Waals surface area contributed by atoms with Crippen molar-refractivity contribution in [2.75, 3.05) is 0 Å². The van der Waals surface area contributed by atoms with Gasteiger partial charge in [0.25, 0.3) is 0 Å². The van der Waals surface area contributed by atoms with Crippen molar-refractivity contribution < 1.29 is 9.68 Å². The van der Waals surface area contributed by atoms with Crippen molar-refractivity contribution in [3.8, 4) is 16.9 Å². The second-order valence-electron chi connectivity index (χ2n) is 6.24. The van der Waals surface area contributed by atoms with E-state index in [2.05, 4.69) is 56.3 Å². The highest BCUT2D eigenvalue weighted by atomic mass is 16.5. The summed E-state index contributed by atoms with van der Waals surface area (Å²) in [4.78, 5) is 0. The van der Waals surface area contributed by atoms with Gasteiger partial charge in [-0.05, 0) is 33.5 Å². The molecule has 1 aliphatic carbocycles. The number of rotatable bonds is 2. The molecular formula is C19H16BO2. The Morgan fingerprint density at radius 3 is 2.59 bits per heavy atom. The quantitative estimate of drug-likeness (QED) is 0.720. The molecule has 1 N–H and O–H groups in total. The van der Waals surface area contributed by atoms with Gasteiger partial charge in [-0.2, -0.15) is 0 Å². The van der Waals surface area contributed by atoms with Gasteiger partial charge in [-0.3, -0.25) is 0 Å². The lowest BCUT2D eigenvalue weighted by Gasteiger charge is -2.23. The van der Waals surface area contributed by atoms with Crippen molar-refractivity contribution >= 4 is 18.5 Å². The third-order valence-corrected chi connectivity index (χ3v) is 4.70. The van der Waals surface area contributed by atoms with Gasteiger partial charge in [0.2, 0.25) is 0 Å². The molecule has 0 amide bonds. The molecule has 0 heterocycles. The van der Waals surface area contributed by atoms with Crippen LogP contribution in [0.25, 0.3) is 21.9 Å². The maximum absolute atomic E-state index is 9.05. The standard InChI is InChI=1S/C19H16BO2/c1-19(2)15-8-5-9-16(22-20-21)17(15)14-11-10-12-6-3-4-7-13(12)18(14)19/h3-11,21H,1-2H3. The molecule has 0 aliphatic heterocycles. The highest BCUT2D eigenvalue weighted by Crippen LogP contribution is 2.54. The van der Waals surface area contributed by atoms with Crippen LogP contribution in [0.15, 0.2) is 54.6 Å². The Hall–Kier alpha value is -2.26. The van der Waals surface area contributed by atoms with Crippen LogP contribution in [0, 0.1) is 0 Å². The Bertz CT molecular complexity index is 884. The van der Waals surface area contributed by atoms with Crippen LogP contribution in [-0.2, 0) is 5.41 Å². The minimum Gasteiger partial charge on any atom is -0.537 e. The summed E-state index contributed by atoms with van der Waals surface area (Å²) in [6.07, 6.45) is 0. The maximum Gasteiger partial charge on any atom is 0.569 e. The third kappa shape index (κ3) is 1.66. The van der Waals surface area contributed by atoms with Crippen molar-refractivity contribution in [1.29, 1.82) is 0 Å². The summed E-state index contributed by atoms with van der Waals surface area (Å²) < 4.78 is 5.34. The molecule has 1 aliphatic rings. The molecule has 0 atom stereocenters. The summed E-state index contributed by atoms with van der Waals surface area (Å²) in [5, 5.41) is 11.6. The van der Waals surface area contributed by atoms with E-state index >= 15 is 0 Å². The summed E-state index contributed by atoms with van der Waals surface area (Å²) in [6.45, 7) is 4.49. The average Bonchev–Trinajstić information content (AvgIpc) is 2.77. The van der Waals surface area contributed by atoms with Crippen LogP contribution in [-0.4, -0.2) is 12.7 Å². The minimum atomic E-state index is -0.0969. The molecule has 0 aromatic heterocycles. The van der Waals surface area contributed by atoms with Crippen molar-refractivity contribution in [2.45, 2.75) is 19.3 Å². The number of hydrogen-bond donors (Lipinski definition) is 1. The summed E-state index contributed by atoms with van der Waals surface area (Å²) in [7, 11) is 0.752. The topological polar surface area (TPSA) is 29.5 Å². The first-order chi connectivity index (χ1) is 10.6. The molecule has 107 valence electrons. The molecule has 0 saturated heterocycles. The highest BCUT2D eigenvalue weighted by Gasteiger charge is 2.38. The fourth-order valence-corrected chi connectivity index (χ4v) is 3.77. The molecule has 22 heavy (non-hydrogen) atoms. The second kappa shape index (κ2) is 4.62. The lowest BCUT2D eigenvalue weighted by Crippen LogP contribution is -2.15. The first-order valence-electron chi connectivity index (χ1n) is 7.43. The van der Waals surface area contributed by atoms with Gasteiger partial charge in [-0.25, -0.2) is 0 Å². The number of hydrogen-bond acceptors (Lipinski definition) is 2.